The van der Waals surface area contributed by atoms with Gasteiger partial charge in [0.05, 0.1) is 23.7 Å². The summed E-state index contributed by atoms with van der Waals surface area (Å²) in [5, 5.41) is 2.50. The molecule has 0 aromatic heterocycles. The van der Waals surface area contributed by atoms with Gasteiger partial charge in [0.2, 0.25) is 11.8 Å². The molecule has 2 atom stereocenters. The Kier molecular flexibility index (Phi) is 3.35. The second kappa shape index (κ2) is 4.41. The number of carbonyl (C=O) groups is 1. The van der Waals surface area contributed by atoms with Crippen molar-refractivity contribution in [3.63, 3.8) is 0 Å². The van der Waals surface area contributed by atoms with E-state index >= 15 is 0 Å². The summed E-state index contributed by atoms with van der Waals surface area (Å²) in [6.07, 6.45) is -1.52. The SMILES string of the molecule is COC1CS(=O)(=O)CC1NC(=O)C1CC(F)(F)C1. The van der Waals surface area contributed by atoms with Crippen molar-refractivity contribution >= 4 is 15.7 Å². The lowest BCUT2D eigenvalue weighted by Crippen LogP contribution is -2.51. The van der Waals surface area contributed by atoms with Gasteiger partial charge in [-0.2, -0.15) is 0 Å². The van der Waals surface area contributed by atoms with Crippen LogP contribution in [0.5, 0.6) is 0 Å². The third-order valence-corrected chi connectivity index (χ3v) is 5.10. The van der Waals surface area contributed by atoms with Crippen molar-refractivity contribution < 1.29 is 26.7 Å². The zero-order valence-electron chi connectivity index (χ0n) is 9.86. The van der Waals surface area contributed by atoms with Crippen molar-refractivity contribution in [3.8, 4) is 0 Å². The summed E-state index contributed by atoms with van der Waals surface area (Å²) >= 11 is 0. The van der Waals surface area contributed by atoms with E-state index in [0.717, 1.165) is 0 Å². The molecule has 8 heteroatoms. The van der Waals surface area contributed by atoms with Crippen LogP contribution in [-0.4, -0.2) is 51.0 Å². The molecule has 2 rings (SSSR count). The molecule has 1 aliphatic heterocycles. The lowest BCUT2D eigenvalue weighted by molar-refractivity contribution is -0.151. The average molecular weight is 283 g/mol. The normalized spacial score (nSPS) is 33.9. The minimum Gasteiger partial charge on any atom is -0.378 e. The second-order valence-electron chi connectivity index (χ2n) is 4.93. The van der Waals surface area contributed by atoms with Crippen molar-refractivity contribution in [2.45, 2.75) is 30.9 Å². The third-order valence-electron chi connectivity index (χ3n) is 3.39. The van der Waals surface area contributed by atoms with Crippen LogP contribution in [0.3, 0.4) is 0 Å². The fourth-order valence-electron chi connectivity index (χ4n) is 2.33. The van der Waals surface area contributed by atoms with Crippen LogP contribution in [0.25, 0.3) is 0 Å². The summed E-state index contributed by atoms with van der Waals surface area (Å²) in [5.74, 6) is -4.33. The maximum Gasteiger partial charge on any atom is 0.249 e. The maximum atomic E-state index is 12.6. The Morgan fingerprint density at radius 2 is 1.94 bits per heavy atom. The highest BCUT2D eigenvalue weighted by molar-refractivity contribution is 7.91. The Bertz CT molecular complexity index is 443. The molecule has 2 fully saturated rings. The van der Waals surface area contributed by atoms with E-state index in [1.54, 1.807) is 0 Å². The third kappa shape index (κ3) is 2.80. The molecule has 104 valence electrons. The molecule has 0 spiro atoms. The zero-order chi connectivity index (χ0) is 13.6. The molecule has 0 aromatic rings. The number of hydrogen-bond donors (Lipinski definition) is 1. The van der Waals surface area contributed by atoms with Gasteiger partial charge in [-0.25, -0.2) is 17.2 Å². The Balaban J connectivity index is 1.92. The average Bonchev–Trinajstić information content (AvgIpc) is 2.49. The minimum absolute atomic E-state index is 0.144. The van der Waals surface area contributed by atoms with Gasteiger partial charge in [-0.05, 0) is 0 Å². The molecular weight excluding hydrogens is 268 g/mol. The predicted molar refractivity (Wildman–Crippen MR) is 59.1 cm³/mol. The molecule has 0 radical (unpaired) electrons. The van der Waals surface area contributed by atoms with Crippen LogP contribution < -0.4 is 5.32 Å². The molecule has 1 saturated carbocycles. The van der Waals surface area contributed by atoms with Gasteiger partial charge in [-0.1, -0.05) is 0 Å². The first-order valence-corrected chi connectivity index (χ1v) is 7.46. The van der Waals surface area contributed by atoms with Crippen molar-refractivity contribution in [3.05, 3.63) is 0 Å². The van der Waals surface area contributed by atoms with E-state index in [-0.39, 0.29) is 11.5 Å². The van der Waals surface area contributed by atoms with Crippen LogP contribution in [0, 0.1) is 5.92 Å². The summed E-state index contributed by atoms with van der Waals surface area (Å²) < 4.78 is 53.0. The van der Waals surface area contributed by atoms with Crippen molar-refractivity contribution in [1.29, 1.82) is 0 Å². The van der Waals surface area contributed by atoms with Gasteiger partial charge in [0.1, 0.15) is 0 Å². The predicted octanol–water partition coefficient (Wildman–Crippen LogP) is -0.0401. The molecule has 0 aromatic carbocycles. The number of nitrogens with one attached hydrogen (secondary N) is 1. The van der Waals surface area contributed by atoms with E-state index in [1.165, 1.54) is 7.11 Å². The second-order valence-corrected chi connectivity index (χ2v) is 7.08. The quantitative estimate of drug-likeness (QED) is 0.789. The Morgan fingerprint density at radius 3 is 2.44 bits per heavy atom. The first-order chi connectivity index (χ1) is 8.22. The van der Waals surface area contributed by atoms with Crippen molar-refractivity contribution in [1.82, 2.24) is 5.32 Å². The van der Waals surface area contributed by atoms with Gasteiger partial charge in [-0.15, -0.1) is 0 Å². The molecule has 18 heavy (non-hydrogen) atoms. The van der Waals surface area contributed by atoms with Crippen LogP contribution in [0.4, 0.5) is 8.78 Å². The largest absolute Gasteiger partial charge is 0.378 e. The molecule has 1 heterocycles. The lowest BCUT2D eigenvalue weighted by Gasteiger charge is -2.34. The Hall–Kier alpha value is -0.760. The minimum atomic E-state index is -3.23. The topological polar surface area (TPSA) is 72.5 Å². The van der Waals surface area contributed by atoms with E-state index in [9.17, 15) is 22.0 Å². The zero-order valence-corrected chi connectivity index (χ0v) is 10.7. The van der Waals surface area contributed by atoms with Gasteiger partial charge in [0, 0.05) is 25.9 Å². The molecule has 5 nitrogen and oxygen atoms in total. The van der Waals surface area contributed by atoms with Crippen molar-refractivity contribution in [2.75, 3.05) is 18.6 Å². The fourth-order valence-corrected chi connectivity index (χ4v) is 4.18. The van der Waals surface area contributed by atoms with Crippen LogP contribution >= 0.6 is 0 Å². The number of alkyl halides is 2. The van der Waals surface area contributed by atoms with E-state index in [4.69, 9.17) is 4.74 Å². The van der Waals surface area contributed by atoms with E-state index < -0.39 is 52.6 Å². The van der Waals surface area contributed by atoms with Crippen molar-refractivity contribution in [2.24, 2.45) is 5.92 Å². The smallest absolute Gasteiger partial charge is 0.249 e. The molecule has 1 N–H and O–H groups in total. The summed E-state index contributed by atoms with van der Waals surface area (Å²) in [5.41, 5.74) is 0. The van der Waals surface area contributed by atoms with Gasteiger partial charge < -0.3 is 10.1 Å². The molecule has 2 aliphatic rings. The van der Waals surface area contributed by atoms with Gasteiger partial charge in [0.25, 0.3) is 0 Å². The van der Waals surface area contributed by atoms with Crippen LogP contribution in [-0.2, 0) is 19.4 Å². The van der Waals surface area contributed by atoms with E-state index in [0.29, 0.717) is 0 Å². The number of halogens is 2. The molecule has 1 amide bonds. The van der Waals surface area contributed by atoms with E-state index in [1.807, 2.05) is 0 Å². The number of carbonyl (C=O) groups excluding carboxylic acids is 1. The first-order valence-electron chi connectivity index (χ1n) is 5.64. The number of rotatable bonds is 3. The van der Waals surface area contributed by atoms with Crippen LogP contribution in [0.2, 0.25) is 0 Å². The van der Waals surface area contributed by atoms with Crippen LogP contribution in [0.15, 0.2) is 0 Å². The number of sulfone groups is 1. The highest BCUT2D eigenvalue weighted by Gasteiger charge is 2.50. The lowest BCUT2D eigenvalue weighted by atomic mass is 9.80. The van der Waals surface area contributed by atoms with Gasteiger partial charge >= 0.3 is 0 Å². The van der Waals surface area contributed by atoms with Crippen LogP contribution in [0.1, 0.15) is 12.8 Å². The van der Waals surface area contributed by atoms with E-state index in [2.05, 4.69) is 5.32 Å². The summed E-state index contributed by atoms with van der Waals surface area (Å²) in [7, 11) is -1.86. The highest BCUT2D eigenvalue weighted by Crippen LogP contribution is 2.42. The Morgan fingerprint density at radius 1 is 1.33 bits per heavy atom. The van der Waals surface area contributed by atoms with Gasteiger partial charge in [-0.3, -0.25) is 4.79 Å². The standard InChI is InChI=1S/C10H15F2NO4S/c1-17-8-5-18(15,16)4-7(8)13-9(14)6-2-10(11,12)3-6/h6-8H,2-5H2,1H3,(H,13,14). The number of methoxy groups -OCH3 is 1. The fraction of sp³-hybridized carbons (Fsp3) is 0.900. The number of amides is 1. The number of ether oxygens (including phenoxy) is 1. The highest BCUT2D eigenvalue weighted by atomic mass is 32.2. The summed E-state index contributed by atoms with van der Waals surface area (Å²) in [6, 6.07) is -0.637. The Labute approximate surface area is 104 Å². The molecule has 2 unspecified atom stereocenters. The molecule has 1 saturated heterocycles. The van der Waals surface area contributed by atoms with Gasteiger partial charge in [0.15, 0.2) is 9.84 Å². The molecular formula is C10H15F2NO4S. The summed E-state index contributed by atoms with van der Waals surface area (Å²) in [6.45, 7) is 0. The first kappa shape index (κ1) is 13.7. The summed E-state index contributed by atoms with van der Waals surface area (Å²) in [4.78, 5) is 11.6. The monoisotopic (exact) mass is 283 g/mol. The number of hydrogen-bond acceptors (Lipinski definition) is 4. The maximum absolute atomic E-state index is 12.6. The molecule has 0 bridgehead atoms. The molecule has 1 aliphatic carbocycles.